The number of nitrogens with two attached hydrogens (primary N) is 2. The van der Waals surface area contributed by atoms with E-state index >= 15 is 0 Å². The first-order valence-corrected chi connectivity index (χ1v) is 8.89. The Balaban J connectivity index is 2.60. The molecule has 0 heterocycles. The second-order valence-corrected chi connectivity index (χ2v) is 6.81. The maximum absolute atomic E-state index is 12.3. The maximum Gasteiger partial charge on any atom is 0.408 e. The molecule has 0 unspecified atom stereocenters. The number of carboxylic acids is 1. The van der Waals surface area contributed by atoms with Gasteiger partial charge in [-0.2, -0.15) is 0 Å². The number of carbonyl (C=O) groups is 4. The maximum atomic E-state index is 12.3. The number of amides is 4. The summed E-state index contributed by atoms with van der Waals surface area (Å²) in [5, 5.41) is 16.2. The Kier molecular flexibility index (Phi) is 8.87. The van der Waals surface area contributed by atoms with E-state index in [-0.39, 0.29) is 6.61 Å². The lowest BCUT2D eigenvalue weighted by Crippen LogP contribution is -2.49. The highest BCUT2D eigenvalue weighted by molar-refractivity contribution is 5.96. The van der Waals surface area contributed by atoms with Crippen molar-refractivity contribution in [3.63, 3.8) is 0 Å². The van der Waals surface area contributed by atoms with Crippen molar-refractivity contribution in [2.24, 2.45) is 11.5 Å². The fourth-order valence-electron chi connectivity index (χ4n) is 2.17. The van der Waals surface area contributed by atoms with Crippen molar-refractivity contribution in [1.82, 2.24) is 10.6 Å². The van der Waals surface area contributed by atoms with Gasteiger partial charge in [0, 0.05) is 5.69 Å². The molecule has 0 aliphatic heterocycles. The lowest BCUT2D eigenvalue weighted by Gasteiger charge is -2.20. The zero-order valence-electron chi connectivity index (χ0n) is 16.4. The Hall–Kier alpha value is -3.34. The first kappa shape index (κ1) is 23.7. The summed E-state index contributed by atoms with van der Waals surface area (Å²) in [5.41, 5.74) is 10.2. The van der Waals surface area contributed by atoms with E-state index in [1.807, 2.05) is 0 Å². The molecule has 160 valence electrons. The SMILES string of the molecule is CC(C)(NC(=O)OCc1ccc(NC(=O)[C@H](CCCN)NC(N)=O)cc1)C(=O)O. The Morgan fingerprint density at radius 1 is 1.17 bits per heavy atom. The van der Waals surface area contributed by atoms with Gasteiger partial charge in [-0.1, -0.05) is 12.1 Å². The molecule has 0 aromatic heterocycles. The number of aliphatic carboxylic acids is 1. The van der Waals surface area contributed by atoms with E-state index in [1.54, 1.807) is 24.3 Å². The highest BCUT2D eigenvalue weighted by atomic mass is 16.5. The lowest BCUT2D eigenvalue weighted by molar-refractivity contribution is -0.143. The molecule has 1 aromatic rings. The number of primary amides is 1. The molecule has 0 saturated carbocycles. The molecule has 0 spiro atoms. The monoisotopic (exact) mass is 409 g/mol. The van der Waals surface area contributed by atoms with Crippen LogP contribution in [0.3, 0.4) is 0 Å². The summed E-state index contributed by atoms with van der Waals surface area (Å²) < 4.78 is 4.99. The number of alkyl carbamates (subject to hydrolysis) is 1. The van der Waals surface area contributed by atoms with Crippen LogP contribution in [-0.2, 0) is 20.9 Å². The summed E-state index contributed by atoms with van der Waals surface area (Å²) in [7, 11) is 0. The van der Waals surface area contributed by atoms with E-state index in [1.165, 1.54) is 13.8 Å². The minimum atomic E-state index is -1.45. The second kappa shape index (κ2) is 10.9. The number of ether oxygens (including phenoxy) is 1. The van der Waals surface area contributed by atoms with Crippen molar-refractivity contribution in [3.8, 4) is 0 Å². The Morgan fingerprint density at radius 2 is 1.79 bits per heavy atom. The molecule has 1 aromatic carbocycles. The van der Waals surface area contributed by atoms with Crippen LogP contribution in [0, 0.1) is 0 Å². The number of urea groups is 1. The standard InChI is InChI=1S/C18H27N5O6/c1-18(2,15(25)26)23-17(28)29-10-11-5-7-12(8-6-11)21-14(24)13(4-3-9-19)22-16(20)27/h5-8,13H,3-4,9-10,19H2,1-2H3,(H,21,24)(H,23,28)(H,25,26)(H3,20,22,27)/t13-/m0/s1. The highest BCUT2D eigenvalue weighted by Crippen LogP contribution is 2.12. The summed E-state index contributed by atoms with van der Waals surface area (Å²) in [5.74, 6) is -1.62. The molecule has 8 N–H and O–H groups in total. The molecular formula is C18H27N5O6. The number of carbonyl (C=O) groups excluding carboxylic acids is 3. The van der Waals surface area contributed by atoms with Crippen molar-refractivity contribution in [2.75, 3.05) is 11.9 Å². The average Bonchev–Trinajstić information content (AvgIpc) is 2.63. The molecule has 1 atom stereocenters. The minimum absolute atomic E-state index is 0.0852. The Morgan fingerprint density at radius 3 is 2.31 bits per heavy atom. The topological polar surface area (TPSA) is 186 Å². The van der Waals surface area contributed by atoms with Crippen LogP contribution in [0.4, 0.5) is 15.3 Å². The van der Waals surface area contributed by atoms with Gasteiger partial charge >= 0.3 is 18.1 Å². The zero-order valence-corrected chi connectivity index (χ0v) is 16.4. The van der Waals surface area contributed by atoms with Gasteiger partial charge in [0.1, 0.15) is 18.2 Å². The molecule has 11 heteroatoms. The summed E-state index contributed by atoms with van der Waals surface area (Å²) in [6, 6.07) is 4.84. The van der Waals surface area contributed by atoms with Crippen LogP contribution in [0.1, 0.15) is 32.3 Å². The number of anilines is 1. The van der Waals surface area contributed by atoms with E-state index in [4.69, 9.17) is 21.3 Å². The molecule has 0 bridgehead atoms. The average molecular weight is 409 g/mol. The lowest BCUT2D eigenvalue weighted by atomic mass is 10.1. The summed E-state index contributed by atoms with van der Waals surface area (Å²) in [4.78, 5) is 46.0. The molecule has 29 heavy (non-hydrogen) atoms. The molecule has 0 aliphatic rings. The van der Waals surface area contributed by atoms with Gasteiger partial charge in [-0.15, -0.1) is 0 Å². The third-order valence-electron chi connectivity index (χ3n) is 3.87. The van der Waals surface area contributed by atoms with Gasteiger partial charge in [-0.05, 0) is 50.9 Å². The van der Waals surface area contributed by atoms with Gasteiger partial charge < -0.3 is 37.3 Å². The molecule has 11 nitrogen and oxygen atoms in total. The van der Waals surface area contributed by atoms with Crippen LogP contribution >= 0.6 is 0 Å². The van der Waals surface area contributed by atoms with Crippen LogP contribution in [0.5, 0.6) is 0 Å². The predicted octanol–water partition coefficient (Wildman–Crippen LogP) is 0.490. The molecule has 1 rings (SSSR count). The van der Waals surface area contributed by atoms with Crippen LogP contribution in [0.15, 0.2) is 24.3 Å². The minimum Gasteiger partial charge on any atom is -0.480 e. The van der Waals surface area contributed by atoms with Gasteiger partial charge in [0.25, 0.3) is 0 Å². The van der Waals surface area contributed by atoms with Crippen LogP contribution in [0.25, 0.3) is 0 Å². The largest absolute Gasteiger partial charge is 0.480 e. The first-order valence-electron chi connectivity index (χ1n) is 8.89. The van der Waals surface area contributed by atoms with E-state index < -0.39 is 35.6 Å². The van der Waals surface area contributed by atoms with Crippen molar-refractivity contribution >= 4 is 29.7 Å². The number of rotatable bonds is 10. The molecule has 0 aliphatic carbocycles. The fraction of sp³-hybridized carbons (Fsp3) is 0.444. The Bertz CT molecular complexity index is 735. The van der Waals surface area contributed by atoms with E-state index in [0.717, 1.165) is 0 Å². The smallest absolute Gasteiger partial charge is 0.408 e. The van der Waals surface area contributed by atoms with Crippen LogP contribution < -0.4 is 27.4 Å². The molecule has 4 amide bonds. The molecule has 0 radical (unpaired) electrons. The van der Waals surface area contributed by atoms with Crippen molar-refractivity contribution in [3.05, 3.63) is 29.8 Å². The van der Waals surface area contributed by atoms with E-state index in [9.17, 15) is 19.2 Å². The summed E-state index contributed by atoms with van der Waals surface area (Å²) in [6.07, 6.45) is 0.0176. The second-order valence-electron chi connectivity index (χ2n) is 6.81. The van der Waals surface area contributed by atoms with Crippen molar-refractivity contribution < 1.29 is 29.0 Å². The van der Waals surface area contributed by atoms with Crippen molar-refractivity contribution in [2.45, 2.75) is 44.9 Å². The summed E-state index contributed by atoms with van der Waals surface area (Å²) in [6.45, 7) is 2.96. The van der Waals surface area contributed by atoms with Gasteiger partial charge in [0.15, 0.2) is 0 Å². The van der Waals surface area contributed by atoms with Gasteiger partial charge in [0.05, 0.1) is 0 Å². The normalized spacial score (nSPS) is 11.8. The molecule has 0 fully saturated rings. The number of hydrogen-bond donors (Lipinski definition) is 6. The summed E-state index contributed by atoms with van der Waals surface area (Å²) >= 11 is 0. The van der Waals surface area contributed by atoms with Gasteiger partial charge in [-0.25, -0.2) is 14.4 Å². The predicted molar refractivity (Wildman–Crippen MR) is 105 cm³/mol. The number of hydrogen-bond acceptors (Lipinski definition) is 6. The number of nitrogens with one attached hydrogen (secondary N) is 3. The van der Waals surface area contributed by atoms with Gasteiger partial charge in [-0.3, -0.25) is 4.79 Å². The van der Waals surface area contributed by atoms with Crippen LogP contribution in [-0.4, -0.2) is 47.2 Å². The Labute approximate surface area is 168 Å². The van der Waals surface area contributed by atoms with E-state index in [2.05, 4.69) is 16.0 Å². The van der Waals surface area contributed by atoms with E-state index in [0.29, 0.717) is 30.6 Å². The number of benzene rings is 1. The quantitative estimate of drug-likeness (QED) is 0.324. The molecule has 0 saturated heterocycles. The highest BCUT2D eigenvalue weighted by Gasteiger charge is 2.29. The van der Waals surface area contributed by atoms with Gasteiger partial charge in [0.2, 0.25) is 5.91 Å². The zero-order chi connectivity index (χ0) is 22.0. The van der Waals surface area contributed by atoms with Crippen molar-refractivity contribution in [1.29, 1.82) is 0 Å². The third kappa shape index (κ3) is 8.47. The third-order valence-corrected chi connectivity index (χ3v) is 3.87. The fourth-order valence-corrected chi connectivity index (χ4v) is 2.17. The first-order chi connectivity index (χ1) is 13.5. The molecular weight excluding hydrogens is 382 g/mol. The number of carboxylic acid groups (broad SMARTS) is 1. The van der Waals surface area contributed by atoms with Crippen LogP contribution in [0.2, 0.25) is 0 Å².